The quantitative estimate of drug-likeness (QED) is 0.480. The van der Waals surface area contributed by atoms with E-state index < -0.39 is 5.82 Å². The van der Waals surface area contributed by atoms with Gasteiger partial charge in [-0.2, -0.15) is 10.2 Å². The highest BCUT2D eigenvalue weighted by atomic mass is 19.1. The average molecular weight is 458 g/mol. The van der Waals surface area contributed by atoms with Gasteiger partial charge in [-0.05, 0) is 42.7 Å². The molecule has 1 fully saturated rings. The lowest BCUT2D eigenvalue weighted by atomic mass is 9.98. The third kappa shape index (κ3) is 3.80. The summed E-state index contributed by atoms with van der Waals surface area (Å²) < 4.78 is 16.3. The normalized spacial score (nSPS) is 14.4. The van der Waals surface area contributed by atoms with E-state index in [0.29, 0.717) is 23.0 Å². The van der Waals surface area contributed by atoms with Crippen molar-refractivity contribution < 1.29 is 4.39 Å². The second kappa shape index (κ2) is 8.68. The molecule has 1 aliphatic heterocycles. The monoisotopic (exact) mass is 457 g/mol. The minimum atomic E-state index is -0.592. The van der Waals surface area contributed by atoms with E-state index in [0.717, 1.165) is 48.1 Å². The van der Waals surface area contributed by atoms with Crippen molar-refractivity contribution in [1.82, 2.24) is 25.0 Å². The van der Waals surface area contributed by atoms with E-state index in [9.17, 15) is 9.65 Å². The molecule has 4 aromatic rings. The SMILES string of the molecule is CNc1nc(N2CCC(N)CC2)nc(-c2ccc(C#N)c(F)c2)c1-c1ccc2c(c1)nnn2C. The molecule has 0 unspecified atom stereocenters. The first kappa shape index (κ1) is 21.7. The Kier molecular flexibility index (Phi) is 5.55. The Morgan fingerprint density at radius 2 is 1.88 bits per heavy atom. The lowest BCUT2D eigenvalue weighted by Gasteiger charge is -2.31. The number of hydrogen-bond donors (Lipinski definition) is 2. The number of hydrogen-bond acceptors (Lipinski definition) is 8. The van der Waals surface area contributed by atoms with Crippen LogP contribution in [-0.4, -0.2) is 51.1 Å². The van der Waals surface area contributed by atoms with Gasteiger partial charge >= 0.3 is 0 Å². The topological polar surface area (TPSA) is 122 Å². The number of aryl methyl sites for hydroxylation is 1. The molecule has 0 atom stereocenters. The summed E-state index contributed by atoms with van der Waals surface area (Å²) >= 11 is 0. The zero-order valence-electron chi connectivity index (χ0n) is 19.0. The highest BCUT2D eigenvalue weighted by Gasteiger charge is 2.24. The first-order chi connectivity index (χ1) is 16.5. The van der Waals surface area contributed by atoms with E-state index in [2.05, 4.69) is 20.5 Å². The number of rotatable bonds is 4. The Morgan fingerprint density at radius 1 is 1.12 bits per heavy atom. The second-order valence-corrected chi connectivity index (χ2v) is 8.39. The predicted octanol–water partition coefficient (Wildman–Crippen LogP) is 3.07. The summed E-state index contributed by atoms with van der Waals surface area (Å²) in [6.07, 6.45) is 1.70. The van der Waals surface area contributed by atoms with E-state index in [-0.39, 0.29) is 11.6 Å². The maximum Gasteiger partial charge on any atom is 0.227 e. The molecule has 2 aromatic carbocycles. The van der Waals surface area contributed by atoms with E-state index in [1.807, 2.05) is 31.3 Å². The Bertz CT molecular complexity index is 1410. The number of nitriles is 1. The van der Waals surface area contributed by atoms with Crippen LogP contribution in [0.15, 0.2) is 36.4 Å². The molecule has 0 radical (unpaired) electrons. The molecule has 0 aliphatic carbocycles. The molecule has 0 saturated carbocycles. The van der Waals surface area contributed by atoms with Gasteiger partial charge in [0, 0.05) is 38.8 Å². The van der Waals surface area contributed by atoms with Crippen LogP contribution in [0.3, 0.4) is 0 Å². The van der Waals surface area contributed by atoms with Gasteiger partial charge < -0.3 is 16.0 Å². The predicted molar refractivity (Wildman–Crippen MR) is 129 cm³/mol. The van der Waals surface area contributed by atoms with Crippen LogP contribution < -0.4 is 16.0 Å². The Balaban J connectivity index is 1.73. The molecule has 3 heterocycles. The van der Waals surface area contributed by atoms with Crippen molar-refractivity contribution in [2.24, 2.45) is 12.8 Å². The zero-order valence-corrected chi connectivity index (χ0v) is 19.0. The van der Waals surface area contributed by atoms with Gasteiger partial charge in [-0.1, -0.05) is 17.3 Å². The van der Waals surface area contributed by atoms with Crippen LogP contribution in [0.25, 0.3) is 33.4 Å². The lowest BCUT2D eigenvalue weighted by molar-refractivity contribution is 0.496. The number of nitrogens with zero attached hydrogens (tertiary/aromatic N) is 7. The summed E-state index contributed by atoms with van der Waals surface area (Å²) in [6.45, 7) is 1.49. The first-order valence-corrected chi connectivity index (χ1v) is 11.1. The highest BCUT2D eigenvalue weighted by molar-refractivity contribution is 5.92. The van der Waals surface area contributed by atoms with Gasteiger partial charge in [0.25, 0.3) is 0 Å². The molecule has 2 aromatic heterocycles. The van der Waals surface area contributed by atoms with Crippen LogP contribution in [0.4, 0.5) is 16.2 Å². The van der Waals surface area contributed by atoms with Crippen molar-refractivity contribution in [2.45, 2.75) is 18.9 Å². The summed E-state index contributed by atoms with van der Waals surface area (Å²) in [7, 11) is 3.63. The van der Waals surface area contributed by atoms with Gasteiger partial charge in [-0.15, -0.1) is 5.10 Å². The Morgan fingerprint density at radius 3 is 2.59 bits per heavy atom. The Labute approximate surface area is 196 Å². The number of benzene rings is 2. The van der Waals surface area contributed by atoms with Crippen LogP contribution >= 0.6 is 0 Å². The molecule has 0 bridgehead atoms. The smallest absolute Gasteiger partial charge is 0.227 e. The molecule has 10 heteroatoms. The van der Waals surface area contributed by atoms with Crippen molar-refractivity contribution in [3.05, 3.63) is 47.8 Å². The number of halogens is 1. The number of nitrogens with two attached hydrogens (primary N) is 1. The largest absolute Gasteiger partial charge is 0.372 e. The molecule has 172 valence electrons. The number of fused-ring (bicyclic) bond motifs is 1. The molecule has 1 aliphatic rings. The van der Waals surface area contributed by atoms with Gasteiger partial charge in [0.15, 0.2) is 0 Å². The maximum absolute atomic E-state index is 14.6. The van der Waals surface area contributed by atoms with Gasteiger partial charge in [0.2, 0.25) is 5.95 Å². The number of piperidine rings is 1. The van der Waals surface area contributed by atoms with Crippen molar-refractivity contribution in [1.29, 1.82) is 5.26 Å². The van der Waals surface area contributed by atoms with Crippen molar-refractivity contribution >= 4 is 22.8 Å². The van der Waals surface area contributed by atoms with E-state index >= 15 is 0 Å². The van der Waals surface area contributed by atoms with Crippen molar-refractivity contribution in [2.75, 3.05) is 30.4 Å². The van der Waals surface area contributed by atoms with Crippen molar-refractivity contribution in [3.63, 3.8) is 0 Å². The molecule has 0 spiro atoms. The van der Waals surface area contributed by atoms with E-state index in [4.69, 9.17) is 15.7 Å². The first-order valence-electron chi connectivity index (χ1n) is 11.1. The highest BCUT2D eigenvalue weighted by Crippen LogP contribution is 2.38. The maximum atomic E-state index is 14.6. The molecule has 0 amide bonds. The number of anilines is 2. The molecular formula is C24H24FN9. The molecule has 3 N–H and O–H groups in total. The summed E-state index contributed by atoms with van der Waals surface area (Å²) in [5.41, 5.74) is 10.4. The molecular weight excluding hydrogens is 433 g/mol. The van der Waals surface area contributed by atoms with Crippen LogP contribution in [0.1, 0.15) is 18.4 Å². The molecule has 5 rings (SSSR count). The van der Waals surface area contributed by atoms with Gasteiger partial charge in [0.05, 0.1) is 22.3 Å². The van der Waals surface area contributed by atoms with Gasteiger partial charge in [0.1, 0.15) is 23.2 Å². The summed E-state index contributed by atoms with van der Waals surface area (Å²) in [5.74, 6) is 0.577. The zero-order chi connectivity index (χ0) is 23.8. The fraction of sp³-hybridized carbons (Fsp3) is 0.292. The minimum Gasteiger partial charge on any atom is -0.372 e. The number of nitrogens with one attached hydrogen (secondary N) is 1. The summed E-state index contributed by atoms with van der Waals surface area (Å²) in [5, 5.41) is 20.7. The fourth-order valence-electron chi connectivity index (χ4n) is 4.30. The summed E-state index contributed by atoms with van der Waals surface area (Å²) in [6, 6.07) is 12.4. The second-order valence-electron chi connectivity index (χ2n) is 8.39. The lowest BCUT2D eigenvalue weighted by Crippen LogP contribution is -2.40. The third-order valence-corrected chi connectivity index (χ3v) is 6.22. The minimum absolute atomic E-state index is 0.0144. The van der Waals surface area contributed by atoms with Crippen LogP contribution in [0, 0.1) is 17.1 Å². The number of aromatic nitrogens is 5. The standard InChI is InChI=1S/C24H24FN9/c1-28-23-21(14-5-6-20-19(12-14)31-32-33(20)2)22(15-3-4-16(13-26)18(25)11-15)29-24(30-23)34-9-7-17(27)8-10-34/h3-6,11-12,17H,7-10,27H2,1-2H3,(H,28,29,30). The summed E-state index contributed by atoms with van der Waals surface area (Å²) in [4.78, 5) is 11.8. The molecule has 34 heavy (non-hydrogen) atoms. The Hall–Kier alpha value is -4.10. The van der Waals surface area contributed by atoms with Gasteiger partial charge in [-0.25, -0.2) is 14.1 Å². The van der Waals surface area contributed by atoms with Gasteiger partial charge in [-0.3, -0.25) is 0 Å². The average Bonchev–Trinajstić information content (AvgIpc) is 3.23. The molecule has 1 saturated heterocycles. The van der Waals surface area contributed by atoms with Crippen molar-refractivity contribution in [3.8, 4) is 28.5 Å². The third-order valence-electron chi connectivity index (χ3n) is 6.22. The molecule has 9 nitrogen and oxygen atoms in total. The van der Waals surface area contributed by atoms with Crippen LogP contribution in [0.5, 0.6) is 0 Å². The van der Waals surface area contributed by atoms with Crippen LogP contribution in [0.2, 0.25) is 0 Å². The van der Waals surface area contributed by atoms with E-state index in [1.54, 1.807) is 17.8 Å². The van der Waals surface area contributed by atoms with E-state index in [1.165, 1.54) is 12.1 Å². The van der Waals surface area contributed by atoms with Crippen LogP contribution in [-0.2, 0) is 7.05 Å². The fourth-order valence-corrected chi connectivity index (χ4v) is 4.30.